The molecule has 0 aromatic heterocycles. The topological polar surface area (TPSA) is 78.9 Å². The van der Waals surface area contributed by atoms with E-state index in [1.165, 1.54) is 0 Å². The molecule has 0 N–H and O–H groups in total. The van der Waals surface area contributed by atoms with E-state index in [0.717, 1.165) is 0 Å². The van der Waals surface area contributed by atoms with Gasteiger partial charge in [-0.05, 0) is 41.5 Å². The van der Waals surface area contributed by atoms with Gasteiger partial charge in [0.15, 0.2) is 6.10 Å². The van der Waals surface area contributed by atoms with Gasteiger partial charge in [0.1, 0.15) is 13.2 Å². The molecule has 0 aliphatic heterocycles. The van der Waals surface area contributed by atoms with Gasteiger partial charge in [-0.3, -0.25) is 14.4 Å². The Morgan fingerprint density at radius 3 is 1.39 bits per heavy atom. The molecule has 6 nitrogen and oxygen atoms in total. The lowest BCUT2D eigenvalue weighted by Crippen LogP contribution is -2.35. The van der Waals surface area contributed by atoms with Crippen LogP contribution in [0.5, 0.6) is 0 Å². The van der Waals surface area contributed by atoms with Gasteiger partial charge in [-0.25, -0.2) is 0 Å². The van der Waals surface area contributed by atoms with Crippen molar-refractivity contribution in [1.29, 1.82) is 0 Å². The van der Waals surface area contributed by atoms with Crippen LogP contribution in [0.15, 0.2) is 0 Å². The molecule has 0 rings (SSSR count). The quantitative estimate of drug-likeness (QED) is 0.550. The first kappa shape index (κ1) is 21.4. The molecule has 6 heteroatoms. The van der Waals surface area contributed by atoms with Crippen LogP contribution in [-0.4, -0.2) is 37.2 Å². The van der Waals surface area contributed by atoms with Crippen LogP contribution < -0.4 is 0 Å². The summed E-state index contributed by atoms with van der Waals surface area (Å²) < 4.78 is 15.6. The number of esters is 3. The molecule has 0 spiro atoms. The minimum Gasteiger partial charge on any atom is -0.461 e. The lowest BCUT2D eigenvalue weighted by Gasteiger charge is -2.23. The fourth-order valence-corrected chi connectivity index (χ4v) is 1.19. The van der Waals surface area contributed by atoms with Crippen LogP contribution in [0.1, 0.15) is 55.4 Å². The maximum Gasteiger partial charge on any atom is 0.311 e. The van der Waals surface area contributed by atoms with Crippen LogP contribution in [0.25, 0.3) is 0 Å². The fourth-order valence-electron chi connectivity index (χ4n) is 1.19. The van der Waals surface area contributed by atoms with Gasteiger partial charge < -0.3 is 14.2 Å². The molecule has 0 aromatic carbocycles. The molecule has 0 aliphatic rings. The summed E-state index contributed by atoms with van der Waals surface area (Å²) in [7, 11) is 0. The molecule has 0 radical (unpaired) electrons. The van der Waals surface area contributed by atoms with Crippen molar-refractivity contribution < 1.29 is 28.6 Å². The van der Waals surface area contributed by atoms with Crippen LogP contribution in [0.2, 0.25) is 0 Å². The standard InChI is InChI=1S/C17H30O6/c1-11(2)13(18)23-12(9-21-14(19)16(3,4)5)10-22-15(20)17(6,7)8/h11-12H,9-10H2,1-8H3. The molecule has 0 saturated heterocycles. The van der Waals surface area contributed by atoms with E-state index in [1.54, 1.807) is 55.4 Å². The molecular weight excluding hydrogens is 300 g/mol. The maximum absolute atomic E-state index is 11.8. The third-order valence-electron chi connectivity index (χ3n) is 2.78. The molecule has 134 valence electrons. The zero-order valence-corrected chi connectivity index (χ0v) is 15.5. The molecule has 0 atom stereocenters. The van der Waals surface area contributed by atoms with Crippen molar-refractivity contribution in [3.63, 3.8) is 0 Å². The lowest BCUT2D eigenvalue weighted by atomic mass is 9.97. The van der Waals surface area contributed by atoms with Crippen LogP contribution >= 0.6 is 0 Å². The second-order valence-electron chi connectivity index (χ2n) is 7.91. The number of hydrogen-bond donors (Lipinski definition) is 0. The molecule has 0 saturated carbocycles. The van der Waals surface area contributed by atoms with Crippen molar-refractivity contribution in [1.82, 2.24) is 0 Å². The second-order valence-corrected chi connectivity index (χ2v) is 7.91. The molecule has 0 fully saturated rings. The van der Waals surface area contributed by atoms with Gasteiger partial charge in [0.2, 0.25) is 0 Å². The Morgan fingerprint density at radius 2 is 1.13 bits per heavy atom. The van der Waals surface area contributed by atoms with Crippen LogP contribution in [0.3, 0.4) is 0 Å². The Hall–Kier alpha value is -1.59. The summed E-state index contributed by atoms with van der Waals surface area (Å²) in [5.74, 6) is -1.58. The normalized spacial score (nSPS) is 12.3. The maximum atomic E-state index is 11.8. The highest BCUT2D eigenvalue weighted by Gasteiger charge is 2.28. The number of carbonyl (C=O) groups excluding carboxylic acids is 3. The summed E-state index contributed by atoms with van der Waals surface area (Å²) in [5.41, 5.74) is -1.32. The highest BCUT2D eigenvalue weighted by molar-refractivity contribution is 5.76. The minimum atomic E-state index is -0.817. The summed E-state index contributed by atoms with van der Waals surface area (Å²) in [4.78, 5) is 35.4. The third kappa shape index (κ3) is 8.57. The Labute approximate surface area is 138 Å². The minimum absolute atomic E-state index is 0.147. The summed E-state index contributed by atoms with van der Waals surface area (Å²) in [6.45, 7) is 13.5. The van der Waals surface area contributed by atoms with Crippen molar-refractivity contribution in [2.75, 3.05) is 13.2 Å². The van der Waals surface area contributed by atoms with E-state index >= 15 is 0 Å². The first-order valence-corrected chi connectivity index (χ1v) is 7.80. The first-order chi connectivity index (χ1) is 10.2. The van der Waals surface area contributed by atoms with Gasteiger partial charge in [-0.15, -0.1) is 0 Å². The van der Waals surface area contributed by atoms with Gasteiger partial charge in [-0.2, -0.15) is 0 Å². The zero-order chi connectivity index (χ0) is 18.4. The first-order valence-electron chi connectivity index (χ1n) is 7.80. The Bertz CT molecular complexity index is 395. The SMILES string of the molecule is CC(C)C(=O)OC(COC(=O)C(C)(C)C)COC(=O)C(C)(C)C. The van der Waals surface area contributed by atoms with E-state index in [1.807, 2.05) is 0 Å². The smallest absolute Gasteiger partial charge is 0.311 e. The predicted octanol–water partition coefficient (Wildman–Crippen LogP) is 2.73. The Balaban J connectivity index is 4.73. The van der Waals surface area contributed by atoms with Crippen molar-refractivity contribution in [2.24, 2.45) is 16.7 Å². The highest BCUT2D eigenvalue weighted by Crippen LogP contribution is 2.17. The summed E-state index contributed by atoms with van der Waals surface area (Å²) in [6.07, 6.45) is -0.817. The molecule has 0 amide bonds. The van der Waals surface area contributed by atoms with Crippen molar-refractivity contribution >= 4 is 17.9 Å². The van der Waals surface area contributed by atoms with E-state index in [2.05, 4.69) is 0 Å². The zero-order valence-electron chi connectivity index (χ0n) is 15.5. The largest absolute Gasteiger partial charge is 0.461 e. The van der Waals surface area contributed by atoms with Crippen LogP contribution in [0.4, 0.5) is 0 Å². The molecule has 0 heterocycles. The van der Waals surface area contributed by atoms with Gasteiger partial charge in [0.05, 0.1) is 16.7 Å². The number of rotatable bonds is 6. The second kappa shape index (κ2) is 8.31. The molecule has 23 heavy (non-hydrogen) atoms. The van der Waals surface area contributed by atoms with E-state index in [9.17, 15) is 14.4 Å². The summed E-state index contributed by atoms with van der Waals surface area (Å²) >= 11 is 0. The molecule has 0 aromatic rings. The Morgan fingerprint density at radius 1 is 0.783 bits per heavy atom. The number of ether oxygens (including phenoxy) is 3. The summed E-state index contributed by atoms with van der Waals surface area (Å²) in [5, 5.41) is 0. The predicted molar refractivity (Wildman–Crippen MR) is 85.5 cm³/mol. The highest BCUT2D eigenvalue weighted by atomic mass is 16.6. The summed E-state index contributed by atoms with van der Waals surface area (Å²) in [6, 6.07) is 0. The lowest BCUT2D eigenvalue weighted by molar-refractivity contribution is -0.174. The van der Waals surface area contributed by atoms with E-state index in [-0.39, 0.29) is 19.1 Å². The van der Waals surface area contributed by atoms with Crippen molar-refractivity contribution in [3.05, 3.63) is 0 Å². The monoisotopic (exact) mass is 330 g/mol. The van der Waals surface area contributed by atoms with Gasteiger partial charge >= 0.3 is 17.9 Å². The van der Waals surface area contributed by atoms with Crippen LogP contribution in [0, 0.1) is 16.7 Å². The molecule has 0 unspecified atom stereocenters. The number of carbonyl (C=O) groups is 3. The average Bonchev–Trinajstić information content (AvgIpc) is 2.38. The van der Waals surface area contributed by atoms with Gasteiger partial charge in [0.25, 0.3) is 0 Å². The number of hydrogen-bond acceptors (Lipinski definition) is 6. The van der Waals surface area contributed by atoms with Gasteiger partial charge in [-0.1, -0.05) is 13.8 Å². The third-order valence-corrected chi connectivity index (χ3v) is 2.78. The van der Waals surface area contributed by atoms with E-state index in [4.69, 9.17) is 14.2 Å². The van der Waals surface area contributed by atoms with E-state index < -0.39 is 34.8 Å². The molecular formula is C17H30O6. The Kier molecular flexibility index (Phi) is 7.74. The van der Waals surface area contributed by atoms with Crippen molar-refractivity contribution in [3.8, 4) is 0 Å². The van der Waals surface area contributed by atoms with Crippen molar-refractivity contribution in [2.45, 2.75) is 61.5 Å². The fraction of sp³-hybridized carbons (Fsp3) is 0.824. The van der Waals surface area contributed by atoms with Gasteiger partial charge in [0, 0.05) is 0 Å². The molecule has 0 bridgehead atoms. The van der Waals surface area contributed by atoms with E-state index in [0.29, 0.717) is 0 Å². The van der Waals surface area contributed by atoms with Crippen LogP contribution in [-0.2, 0) is 28.6 Å². The average molecular weight is 330 g/mol. The molecule has 0 aliphatic carbocycles.